The first kappa shape index (κ1) is 11.2. The van der Waals surface area contributed by atoms with Gasteiger partial charge in [-0.3, -0.25) is 4.79 Å². The number of hydrogen-bond donors (Lipinski definition) is 1. The molecule has 0 aromatic heterocycles. The molecule has 0 bridgehead atoms. The highest BCUT2D eigenvalue weighted by molar-refractivity contribution is 5.96. The molecular weight excluding hydrogens is 222 g/mol. The molecule has 1 amide bonds. The Morgan fingerprint density at radius 1 is 1.53 bits per heavy atom. The van der Waals surface area contributed by atoms with Crippen LogP contribution in [0.15, 0.2) is 24.3 Å². The molecule has 1 aromatic rings. The van der Waals surface area contributed by atoms with E-state index >= 15 is 0 Å². The topological polar surface area (TPSA) is 64.6 Å². The average Bonchev–Trinajstić information content (AvgIpc) is 2.35. The maximum Gasteiger partial charge on any atom is 0.330 e. The highest BCUT2D eigenvalue weighted by atomic mass is 16.5. The van der Waals surface area contributed by atoms with Gasteiger partial charge < -0.3 is 14.8 Å². The molecule has 1 aromatic carbocycles. The number of methoxy groups -OCH3 is 1. The van der Waals surface area contributed by atoms with E-state index in [0.717, 1.165) is 5.56 Å². The Hall–Kier alpha value is -2.30. The van der Waals surface area contributed by atoms with E-state index < -0.39 is 5.97 Å². The van der Waals surface area contributed by atoms with Gasteiger partial charge in [-0.2, -0.15) is 0 Å². The van der Waals surface area contributed by atoms with Crippen molar-refractivity contribution < 1.29 is 19.1 Å². The van der Waals surface area contributed by atoms with Crippen LogP contribution in [0.2, 0.25) is 0 Å². The number of carbonyl (C=O) groups excluding carboxylic acids is 2. The number of nitrogens with one attached hydrogen (secondary N) is 1. The van der Waals surface area contributed by atoms with Crippen LogP contribution in [0.3, 0.4) is 0 Å². The Bertz CT molecular complexity index is 493. The van der Waals surface area contributed by atoms with Gasteiger partial charge in [-0.15, -0.1) is 0 Å². The molecule has 5 heteroatoms. The van der Waals surface area contributed by atoms with Crippen molar-refractivity contribution in [2.45, 2.75) is 0 Å². The summed E-state index contributed by atoms with van der Waals surface area (Å²) in [5.41, 5.74) is 1.38. The molecule has 0 spiro atoms. The third-order valence-electron chi connectivity index (χ3n) is 2.25. The second kappa shape index (κ2) is 4.69. The monoisotopic (exact) mass is 233 g/mol. The van der Waals surface area contributed by atoms with E-state index in [0.29, 0.717) is 11.4 Å². The SMILES string of the molecule is COC(=O)C=Cc1ccc2c(c1)NC(=O)CO2. The molecule has 0 radical (unpaired) electrons. The zero-order valence-corrected chi connectivity index (χ0v) is 9.23. The minimum Gasteiger partial charge on any atom is -0.482 e. The summed E-state index contributed by atoms with van der Waals surface area (Å²) in [6.45, 7) is 0.0321. The van der Waals surface area contributed by atoms with E-state index in [9.17, 15) is 9.59 Å². The van der Waals surface area contributed by atoms with Crippen molar-refractivity contribution in [3.05, 3.63) is 29.8 Å². The highest BCUT2D eigenvalue weighted by Gasteiger charge is 2.15. The average molecular weight is 233 g/mol. The molecule has 0 saturated carbocycles. The maximum atomic E-state index is 11.1. The summed E-state index contributed by atoms with van der Waals surface area (Å²) in [5, 5.41) is 2.69. The number of hydrogen-bond acceptors (Lipinski definition) is 4. The van der Waals surface area contributed by atoms with Gasteiger partial charge in [0.15, 0.2) is 6.61 Å². The van der Waals surface area contributed by atoms with Crippen LogP contribution in [0.4, 0.5) is 5.69 Å². The summed E-state index contributed by atoms with van der Waals surface area (Å²) < 4.78 is 9.69. The van der Waals surface area contributed by atoms with Gasteiger partial charge in [-0.05, 0) is 23.8 Å². The van der Waals surface area contributed by atoms with Crippen molar-refractivity contribution in [1.82, 2.24) is 0 Å². The quantitative estimate of drug-likeness (QED) is 0.615. The number of amides is 1. The summed E-state index contributed by atoms with van der Waals surface area (Å²) >= 11 is 0. The molecule has 2 rings (SSSR count). The lowest BCUT2D eigenvalue weighted by Gasteiger charge is -2.17. The number of rotatable bonds is 2. The lowest BCUT2D eigenvalue weighted by Crippen LogP contribution is -2.25. The normalized spacial score (nSPS) is 13.8. The number of fused-ring (bicyclic) bond motifs is 1. The fraction of sp³-hybridized carbons (Fsp3) is 0.167. The van der Waals surface area contributed by atoms with E-state index in [1.165, 1.54) is 13.2 Å². The number of anilines is 1. The molecular formula is C12H11NO4. The molecule has 88 valence electrons. The summed E-state index contributed by atoms with van der Waals surface area (Å²) in [4.78, 5) is 22.0. The predicted octanol–water partition coefficient (Wildman–Crippen LogP) is 1.20. The third-order valence-corrected chi connectivity index (χ3v) is 2.25. The van der Waals surface area contributed by atoms with Crippen LogP contribution in [-0.2, 0) is 14.3 Å². The van der Waals surface area contributed by atoms with Gasteiger partial charge in [-0.1, -0.05) is 6.07 Å². The molecule has 0 unspecified atom stereocenters. The van der Waals surface area contributed by atoms with Crippen molar-refractivity contribution in [1.29, 1.82) is 0 Å². The lowest BCUT2D eigenvalue weighted by molar-refractivity contribution is -0.134. The molecule has 1 N–H and O–H groups in total. The van der Waals surface area contributed by atoms with Gasteiger partial charge >= 0.3 is 5.97 Å². The zero-order chi connectivity index (χ0) is 12.3. The van der Waals surface area contributed by atoms with E-state index in [-0.39, 0.29) is 12.5 Å². The number of ether oxygens (including phenoxy) is 2. The molecule has 0 atom stereocenters. The van der Waals surface area contributed by atoms with Crippen LogP contribution >= 0.6 is 0 Å². The van der Waals surface area contributed by atoms with Crippen molar-refractivity contribution in [3.63, 3.8) is 0 Å². The summed E-state index contributed by atoms with van der Waals surface area (Å²) in [6, 6.07) is 5.26. The summed E-state index contributed by atoms with van der Waals surface area (Å²) in [6.07, 6.45) is 2.92. The first-order valence-electron chi connectivity index (χ1n) is 5.02. The van der Waals surface area contributed by atoms with Crippen LogP contribution in [-0.4, -0.2) is 25.6 Å². The molecule has 1 heterocycles. The van der Waals surface area contributed by atoms with Crippen LogP contribution in [0.5, 0.6) is 5.75 Å². The first-order valence-corrected chi connectivity index (χ1v) is 5.02. The molecule has 1 aliphatic heterocycles. The van der Waals surface area contributed by atoms with Crippen LogP contribution in [0.1, 0.15) is 5.56 Å². The number of benzene rings is 1. The largest absolute Gasteiger partial charge is 0.482 e. The van der Waals surface area contributed by atoms with Crippen molar-refractivity contribution in [2.75, 3.05) is 19.0 Å². The predicted molar refractivity (Wildman–Crippen MR) is 61.6 cm³/mol. The van der Waals surface area contributed by atoms with E-state index in [1.807, 2.05) is 0 Å². The van der Waals surface area contributed by atoms with Gasteiger partial charge in [0.1, 0.15) is 5.75 Å². The molecule has 1 aliphatic rings. The zero-order valence-electron chi connectivity index (χ0n) is 9.23. The second-order valence-corrected chi connectivity index (χ2v) is 3.45. The Morgan fingerprint density at radius 2 is 2.35 bits per heavy atom. The van der Waals surface area contributed by atoms with Crippen LogP contribution in [0, 0.1) is 0 Å². The van der Waals surface area contributed by atoms with Crippen LogP contribution < -0.4 is 10.1 Å². The van der Waals surface area contributed by atoms with Gasteiger partial charge in [0.2, 0.25) is 0 Å². The lowest BCUT2D eigenvalue weighted by atomic mass is 10.1. The van der Waals surface area contributed by atoms with Gasteiger partial charge in [0, 0.05) is 6.08 Å². The number of esters is 1. The fourth-order valence-electron chi connectivity index (χ4n) is 1.44. The molecule has 17 heavy (non-hydrogen) atoms. The molecule has 5 nitrogen and oxygen atoms in total. The molecule has 0 saturated heterocycles. The van der Waals surface area contributed by atoms with Gasteiger partial charge in [-0.25, -0.2) is 4.79 Å². The van der Waals surface area contributed by atoms with Crippen LogP contribution in [0.25, 0.3) is 6.08 Å². The summed E-state index contributed by atoms with van der Waals surface area (Å²) in [7, 11) is 1.31. The first-order chi connectivity index (χ1) is 8.19. The van der Waals surface area contributed by atoms with Gasteiger partial charge in [0.05, 0.1) is 12.8 Å². The second-order valence-electron chi connectivity index (χ2n) is 3.45. The minimum absolute atomic E-state index is 0.0321. The van der Waals surface area contributed by atoms with Gasteiger partial charge in [0.25, 0.3) is 5.91 Å². The van der Waals surface area contributed by atoms with Crippen molar-refractivity contribution in [2.24, 2.45) is 0 Å². The Kier molecular flexibility index (Phi) is 3.09. The fourth-order valence-corrected chi connectivity index (χ4v) is 1.44. The molecule has 0 aliphatic carbocycles. The Balaban J connectivity index is 2.21. The standard InChI is InChI=1S/C12H11NO4/c1-16-12(15)5-3-8-2-4-10-9(6-8)13-11(14)7-17-10/h2-6H,7H2,1H3,(H,13,14). The van der Waals surface area contributed by atoms with E-state index in [1.54, 1.807) is 24.3 Å². The Labute approximate surface area is 98.0 Å². The third kappa shape index (κ3) is 2.63. The highest BCUT2D eigenvalue weighted by Crippen LogP contribution is 2.28. The van der Waals surface area contributed by atoms with E-state index in [4.69, 9.17) is 4.74 Å². The van der Waals surface area contributed by atoms with Crippen molar-refractivity contribution >= 4 is 23.6 Å². The molecule has 0 fully saturated rings. The van der Waals surface area contributed by atoms with Crippen molar-refractivity contribution in [3.8, 4) is 5.75 Å². The number of carbonyl (C=O) groups is 2. The smallest absolute Gasteiger partial charge is 0.330 e. The summed E-state index contributed by atoms with van der Waals surface area (Å²) in [5.74, 6) is 0.00872. The Morgan fingerprint density at radius 3 is 3.12 bits per heavy atom. The minimum atomic E-state index is -0.428. The van der Waals surface area contributed by atoms with E-state index in [2.05, 4.69) is 10.1 Å². The maximum absolute atomic E-state index is 11.1.